The van der Waals surface area contributed by atoms with Crippen molar-refractivity contribution >= 4 is 29.2 Å². The van der Waals surface area contributed by atoms with Crippen molar-refractivity contribution in [3.8, 4) is 0 Å². The van der Waals surface area contributed by atoms with E-state index in [2.05, 4.69) is 15.4 Å². The molecule has 1 atom stereocenters. The predicted octanol–water partition coefficient (Wildman–Crippen LogP) is -0.690. The van der Waals surface area contributed by atoms with Crippen molar-refractivity contribution in [2.75, 3.05) is 7.11 Å². The average molecular weight is 248 g/mol. The lowest BCUT2D eigenvalue weighted by atomic mass is 10.2. The van der Waals surface area contributed by atoms with Crippen LogP contribution in [0.3, 0.4) is 0 Å². The highest BCUT2D eigenvalue weighted by Gasteiger charge is 2.19. The highest BCUT2D eigenvalue weighted by Crippen LogP contribution is 1.94. The molecule has 16 heavy (non-hydrogen) atoms. The van der Waals surface area contributed by atoms with Crippen LogP contribution >= 0.6 is 12.2 Å². The molecule has 6 nitrogen and oxygen atoms in total. The van der Waals surface area contributed by atoms with E-state index in [1.807, 2.05) is 13.8 Å². The van der Waals surface area contributed by atoms with Gasteiger partial charge in [-0.2, -0.15) is 0 Å². The normalized spacial score (nSPS) is 11.8. The van der Waals surface area contributed by atoms with E-state index in [-0.39, 0.29) is 17.6 Å². The molecule has 0 radical (unpaired) electrons. The molecular formula is C9H16N2O4S. The van der Waals surface area contributed by atoms with Crippen LogP contribution in [-0.2, 0) is 14.3 Å². The molecule has 92 valence electrons. The Labute approximate surface area is 99.3 Å². The number of methoxy groups -OCH3 is 1. The van der Waals surface area contributed by atoms with E-state index in [0.717, 1.165) is 7.11 Å². The largest absolute Gasteiger partial charge is 0.467 e. The van der Waals surface area contributed by atoms with Crippen LogP contribution in [0, 0.1) is 0 Å². The van der Waals surface area contributed by atoms with Gasteiger partial charge in [-0.05, 0) is 26.1 Å². The van der Waals surface area contributed by atoms with Crippen LogP contribution in [0.5, 0.6) is 0 Å². The summed E-state index contributed by atoms with van der Waals surface area (Å²) in [4.78, 5) is 22.1. The fraction of sp³-hybridized carbons (Fsp3) is 0.667. The quantitative estimate of drug-likeness (QED) is 0.451. The molecule has 0 spiro atoms. The van der Waals surface area contributed by atoms with Crippen molar-refractivity contribution in [1.82, 2.24) is 10.6 Å². The van der Waals surface area contributed by atoms with Gasteiger partial charge in [0.05, 0.1) is 13.5 Å². The second-order valence-corrected chi connectivity index (χ2v) is 3.83. The summed E-state index contributed by atoms with van der Waals surface area (Å²) in [5, 5.41) is 14.5. The number of rotatable bonds is 4. The first-order valence-corrected chi connectivity index (χ1v) is 5.14. The van der Waals surface area contributed by atoms with Gasteiger partial charge in [0.15, 0.2) is 11.2 Å². The van der Waals surface area contributed by atoms with Crippen LogP contribution in [0.2, 0.25) is 0 Å². The topological polar surface area (TPSA) is 87.7 Å². The lowest BCUT2D eigenvalue weighted by molar-refractivity contribution is -0.152. The summed E-state index contributed by atoms with van der Waals surface area (Å²) in [5.41, 5.74) is 0. The Morgan fingerprint density at radius 2 is 2.00 bits per heavy atom. The van der Waals surface area contributed by atoms with E-state index in [1.54, 1.807) is 0 Å². The number of carbonyl (C=O) groups excluding carboxylic acids is 2. The Balaban J connectivity index is 3.99. The molecule has 0 saturated carbocycles. The molecule has 0 aliphatic carbocycles. The molecule has 0 rings (SSSR count). The highest BCUT2D eigenvalue weighted by atomic mass is 32.1. The van der Waals surface area contributed by atoms with Gasteiger partial charge in [0.2, 0.25) is 5.91 Å². The number of thiocarbonyl (C=S) groups is 1. The Morgan fingerprint density at radius 1 is 1.44 bits per heavy atom. The first kappa shape index (κ1) is 14.8. The SMILES string of the molecule is COC(=O)[C@H](O)CC(=O)NC(=S)NC(C)C. The van der Waals surface area contributed by atoms with Gasteiger partial charge >= 0.3 is 5.97 Å². The fourth-order valence-corrected chi connectivity index (χ4v) is 1.22. The summed E-state index contributed by atoms with van der Waals surface area (Å²) >= 11 is 4.81. The van der Waals surface area contributed by atoms with E-state index < -0.39 is 18.0 Å². The van der Waals surface area contributed by atoms with Gasteiger partial charge in [-0.25, -0.2) is 4.79 Å². The van der Waals surface area contributed by atoms with E-state index in [1.165, 1.54) is 0 Å². The van der Waals surface area contributed by atoms with Crippen molar-refractivity contribution in [1.29, 1.82) is 0 Å². The van der Waals surface area contributed by atoms with Crippen LogP contribution in [0.15, 0.2) is 0 Å². The van der Waals surface area contributed by atoms with Crippen LogP contribution < -0.4 is 10.6 Å². The number of carbonyl (C=O) groups is 2. The minimum Gasteiger partial charge on any atom is -0.467 e. The van der Waals surface area contributed by atoms with Gasteiger partial charge in [0, 0.05) is 6.04 Å². The standard InChI is InChI=1S/C9H16N2O4S/c1-5(2)10-9(16)11-7(13)4-6(12)8(14)15-3/h5-6,12H,4H2,1-3H3,(H2,10,11,13,16)/t6-/m1/s1. The molecule has 0 heterocycles. The third-order valence-electron chi connectivity index (χ3n) is 1.52. The van der Waals surface area contributed by atoms with Crippen LogP contribution in [0.4, 0.5) is 0 Å². The molecule has 0 aromatic heterocycles. The summed E-state index contributed by atoms with van der Waals surface area (Å²) in [7, 11) is 1.13. The molecule has 0 aliphatic rings. The monoisotopic (exact) mass is 248 g/mol. The van der Waals surface area contributed by atoms with Crippen LogP contribution in [0.1, 0.15) is 20.3 Å². The predicted molar refractivity (Wildman–Crippen MR) is 61.7 cm³/mol. The number of ether oxygens (including phenoxy) is 1. The second-order valence-electron chi connectivity index (χ2n) is 3.42. The lowest BCUT2D eigenvalue weighted by Crippen LogP contribution is -2.43. The van der Waals surface area contributed by atoms with Crippen molar-refractivity contribution in [3.05, 3.63) is 0 Å². The first-order valence-electron chi connectivity index (χ1n) is 4.73. The molecule has 0 aromatic carbocycles. The Bertz CT molecular complexity index is 281. The van der Waals surface area contributed by atoms with Crippen LogP contribution in [-0.4, -0.2) is 41.4 Å². The van der Waals surface area contributed by atoms with Gasteiger partial charge in [0.25, 0.3) is 0 Å². The molecule has 3 N–H and O–H groups in total. The second kappa shape index (κ2) is 7.13. The molecule has 0 bridgehead atoms. The van der Waals surface area contributed by atoms with Gasteiger partial charge in [-0.15, -0.1) is 0 Å². The molecule has 0 saturated heterocycles. The number of hydrogen-bond acceptors (Lipinski definition) is 5. The number of aliphatic hydroxyl groups is 1. The zero-order valence-corrected chi connectivity index (χ0v) is 10.3. The molecular weight excluding hydrogens is 232 g/mol. The Kier molecular flexibility index (Phi) is 6.59. The maximum Gasteiger partial charge on any atom is 0.335 e. The number of esters is 1. The summed E-state index contributed by atoms with van der Waals surface area (Å²) in [6.07, 6.45) is -1.85. The number of amides is 1. The lowest BCUT2D eigenvalue weighted by Gasteiger charge is -2.13. The maximum absolute atomic E-state index is 11.3. The van der Waals surface area contributed by atoms with E-state index >= 15 is 0 Å². The fourth-order valence-electron chi connectivity index (χ4n) is 0.871. The molecule has 0 aliphatic heterocycles. The summed E-state index contributed by atoms with van der Waals surface area (Å²) in [6.45, 7) is 3.73. The molecule has 1 amide bonds. The smallest absolute Gasteiger partial charge is 0.335 e. The van der Waals surface area contributed by atoms with Gasteiger partial charge in [0.1, 0.15) is 0 Å². The van der Waals surface area contributed by atoms with Crippen LogP contribution in [0.25, 0.3) is 0 Å². The molecule has 0 unspecified atom stereocenters. The zero-order valence-electron chi connectivity index (χ0n) is 9.44. The first-order chi connectivity index (χ1) is 7.36. The van der Waals surface area contributed by atoms with Crippen molar-refractivity contribution < 1.29 is 19.4 Å². The number of hydrogen-bond donors (Lipinski definition) is 3. The van der Waals surface area contributed by atoms with E-state index in [4.69, 9.17) is 12.2 Å². The zero-order chi connectivity index (χ0) is 12.7. The molecule has 0 aromatic rings. The summed E-state index contributed by atoms with van der Waals surface area (Å²) in [5.74, 6) is -1.39. The third kappa shape index (κ3) is 6.31. The average Bonchev–Trinajstić information content (AvgIpc) is 2.14. The minimum absolute atomic E-state index is 0.0957. The van der Waals surface area contributed by atoms with Crippen molar-refractivity contribution in [3.63, 3.8) is 0 Å². The van der Waals surface area contributed by atoms with Gasteiger partial charge < -0.3 is 20.5 Å². The minimum atomic E-state index is -1.47. The summed E-state index contributed by atoms with van der Waals surface area (Å²) in [6, 6.07) is 0.0957. The number of aliphatic hydroxyl groups excluding tert-OH is 1. The Morgan fingerprint density at radius 3 is 2.44 bits per heavy atom. The highest BCUT2D eigenvalue weighted by molar-refractivity contribution is 7.80. The van der Waals surface area contributed by atoms with Gasteiger partial charge in [-0.1, -0.05) is 0 Å². The van der Waals surface area contributed by atoms with Crippen molar-refractivity contribution in [2.45, 2.75) is 32.4 Å². The van der Waals surface area contributed by atoms with E-state index in [9.17, 15) is 14.7 Å². The van der Waals surface area contributed by atoms with Gasteiger partial charge in [-0.3, -0.25) is 4.79 Å². The third-order valence-corrected chi connectivity index (χ3v) is 1.74. The van der Waals surface area contributed by atoms with E-state index in [0.29, 0.717) is 0 Å². The maximum atomic E-state index is 11.3. The summed E-state index contributed by atoms with van der Waals surface area (Å²) < 4.78 is 4.27. The number of nitrogens with one attached hydrogen (secondary N) is 2. The Hall–Kier alpha value is -1.21. The molecule has 7 heteroatoms. The molecule has 0 fully saturated rings. The van der Waals surface area contributed by atoms with Crippen molar-refractivity contribution in [2.24, 2.45) is 0 Å².